The minimum Gasteiger partial charge on any atom is -0.326 e. The predicted octanol–water partition coefficient (Wildman–Crippen LogP) is 4.37. The highest BCUT2D eigenvalue weighted by atomic mass is 35.5. The highest BCUT2D eigenvalue weighted by Crippen LogP contribution is 2.38. The Labute approximate surface area is 150 Å². The smallest absolute Gasteiger partial charge is 0.231 e. The Morgan fingerprint density at radius 2 is 1.92 bits per heavy atom. The van der Waals surface area contributed by atoms with E-state index in [1.807, 2.05) is 13.8 Å². The monoisotopic (exact) mass is 346 g/mol. The Morgan fingerprint density at radius 1 is 1.29 bits per heavy atom. The van der Waals surface area contributed by atoms with E-state index in [-0.39, 0.29) is 11.3 Å². The molecular formula is C20H27ClN2O. The maximum Gasteiger partial charge on any atom is 0.231 e. The van der Waals surface area contributed by atoms with E-state index in [2.05, 4.69) is 38.1 Å². The number of carbonyl (C=O) groups excluding carboxylic acids is 1. The molecule has 4 heteroatoms. The normalized spacial score (nSPS) is 21.2. The number of hydrogen-bond acceptors (Lipinski definition) is 3. The highest BCUT2D eigenvalue weighted by molar-refractivity contribution is 6.65. The summed E-state index contributed by atoms with van der Waals surface area (Å²) in [5.74, 6) is 0.0548. The molecule has 2 unspecified atom stereocenters. The largest absolute Gasteiger partial charge is 0.326 e. The topological polar surface area (TPSA) is 55.4 Å². The zero-order chi connectivity index (χ0) is 17.9. The number of nitrogens with two attached hydrogens (primary N) is 1. The molecule has 24 heavy (non-hydrogen) atoms. The van der Waals surface area contributed by atoms with E-state index < -0.39 is 5.92 Å². The van der Waals surface area contributed by atoms with Crippen LogP contribution < -0.4 is 5.73 Å². The second-order valence-electron chi connectivity index (χ2n) is 6.89. The van der Waals surface area contributed by atoms with E-state index in [1.54, 1.807) is 0 Å². The lowest BCUT2D eigenvalue weighted by Crippen LogP contribution is -2.34. The number of benzene rings is 1. The standard InChI is InChI=1S/C20H27ClN2O/c1-5-16-19(20(21)24)18(14-8-6-13(4)7-9-14)15(11-22)17(23-16)10-12(2)3/h6-9,12,16,19H,5,10-11,22H2,1-4H3. The number of halogens is 1. The van der Waals surface area contributed by atoms with E-state index >= 15 is 0 Å². The summed E-state index contributed by atoms with van der Waals surface area (Å²) >= 11 is 6.00. The molecule has 2 atom stereocenters. The van der Waals surface area contributed by atoms with Crippen LogP contribution in [0.4, 0.5) is 0 Å². The molecule has 2 rings (SSSR count). The Balaban J connectivity index is 2.66. The molecule has 1 heterocycles. The highest BCUT2D eigenvalue weighted by Gasteiger charge is 2.36. The van der Waals surface area contributed by atoms with E-state index in [4.69, 9.17) is 22.3 Å². The first-order chi connectivity index (χ1) is 11.4. The van der Waals surface area contributed by atoms with Crippen LogP contribution in [0.15, 0.2) is 34.8 Å². The molecule has 0 fully saturated rings. The SMILES string of the molecule is CCC1N=C(CC(C)C)C(CN)=C(c2ccc(C)cc2)C1C(=O)Cl. The Morgan fingerprint density at radius 3 is 2.38 bits per heavy atom. The van der Waals surface area contributed by atoms with Crippen molar-refractivity contribution in [2.75, 3.05) is 6.54 Å². The van der Waals surface area contributed by atoms with Gasteiger partial charge in [-0.2, -0.15) is 0 Å². The van der Waals surface area contributed by atoms with Crippen LogP contribution in [0.5, 0.6) is 0 Å². The van der Waals surface area contributed by atoms with Crippen molar-refractivity contribution in [2.45, 2.75) is 46.6 Å². The lowest BCUT2D eigenvalue weighted by atomic mass is 9.78. The molecule has 0 amide bonds. The fourth-order valence-electron chi connectivity index (χ4n) is 3.36. The van der Waals surface area contributed by atoms with Gasteiger partial charge in [-0.1, -0.05) is 50.6 Å². The summed E-state index contributed by atoms with van der Waals surface area (Å²) in [6, 6.07) is 8.11. The molecule has 0 saturated heterocycles. The van der Waals surface area contributed by atoms with E-state index in [0.29, 0.717) is 12.5 Å². The van der Waals surface area contributed by atoms with Gasteiger partial charge in [0.25, 0.3) is 0 Å². The quantitative estimate of drug-likeness (QED) is 0.777. The number of aryl methyl sites for hydroxylation is 1. The maximum atomic E-state index is 12.2. The van der Waals surface area contributed by atoms with Crippen LogP contribution in [0, 0.1) is 18.8 Å². The second-order valence-corrected chi connectivity index (χ2v) is 7.27. The molecule has 1 aromatic rings. The second kappa shape index (κ2) is 8.09. The molecule has 0 aromatic heterocycles. The molecule has 1 aliphatic rings. The van der Waals surface area contributed by atoms with Gasteiger partial charge >= 0.3 is 0 Å². The average molecular weight is 347 g/mol. The van der Waals surface area contributed by atoms with Crippen molar-refractivity contribution in [1.29, 1.82) is 0 Å². The van der Waals surface area contributed by atoms with Gasteiger partial charge in [-0.25, -0.2) is 0 Å². The van der Waals surface area contributed by atoms with Crippen molar-refractivity contribution in [2.24, 2.45) is 22.6 Å². The molecule has 0 bridgehead atoms. The van der Waals surface area contributed by atoms with Crippen LogP contribution in [0.2, 0.25) is 0 Å². The Kier molecular flexibility index (Phi) is 6.36. The lowest BCUT2D eigenvalue weighted by Gasteiger charge is -2.32. The van der Waals surface area contributed by atoms with Crippen molar-refractivity contribution in [3.05, 3.63) is 41.0 Å². The molecular weight excluding hydrogens is 320 g/mol. The van der Waals surface area contributed by atoms with Gasteiger partial charge in [0, 0.05) is 12.3 Å². The first-order valence-electron chi connectivity index (χ1n) is 8.65. The van der Waals surface area contributed by atoms with Gasteiger partial charge < -0.3 is 5.73 Å². The Hall–Kier alpha value is -1.45. The van der Waals surface area contributed by atoms with Crippen LogP contribution >= 0.6 is 11.6 Å². The zero-order valence-corrected chi connectivity index (χ0v) is 15.7. The number of aliphatic imine (C=N–C) groups is 1. The molecule has 0 radical (unpaired) electrons. The van der Waals surface area contributed by atoms with Crippen molar-refractivity contribution in [3.8, 4) is 0 Å². The summed E-state index contributed by atoms with van der Waals surface area (Å²) in [7, 11) is 0. The van der Waals surface area contributed by atoms with E-state index in [1.165, 1.54) is 5.56 Å². The van der Waals surface area contributed by atoms with Crippen molar-refractivity contribution >= 4 is 28.1 Å². The van der Waals surface area contributed by atoms with Crippen LogP contribution in [0.3, 0.4) is 0 Å². The minimum atomic E-state index is -0.422. The fourth-order valence-corrected chi connectivity index (χ4v) is 3.61. The number of nitrogens with zero attached hydrogens (tertiary/aromatic N) is 1. The van der Waals surface area contributed by atoms with Crippen LogP contribution in [-0.2, 0) is 4.79 Å². The van der Waals surface area contributed by atoms with Crippen LogP contribution in [0.1, 0.15) is 44.7 Å². The van der Waals surface area contributed by atoms with Crippen molar-refractivity contribution < 1.29 is 4.79 Å². The molecule has 1 aliphatic heterocycles. The lowest BCUT2D eigenvalue weighted by molar-refractivity contribution is -0.114. The summed E-state index contributed by atoms with van der Waals surface area (Å²) < 4.78 is 0. The number of dihydropyridines is 1. The number of hydrogen-bond donors (Lipinski definition) is 1. The number of rotatable bonds is 6. The van der Waals surface area contributed by atoms with Crippen LogP contribution in [-0.4, -0.2) is 23.5 Å². The number of carbonyl (C=O) groups is 1. The summed E-state index contributed by atoms with van der Waals surface area (Å²) in [5.41, 5.74) is 11.3. The van der Waals surface area contributed by atoms with Gasteiger partial charge in [0.1, 0.15) is 0 Å². The zero-order valence-electron chi connectivity index (χ0n) is 15.0. The summed E-state index contributed by atoms with van der Waals surface area (Å²) in [5, 5.41) is -0.351. The predicted molar refractivity (Wildman–Crippen MR) is 102 cm³/mol. The first-order valence-corrected chi connectivity index (χ1v) is 9.03. The Bertz CT molecular complexity index is 659. The van der Waals surface area contributed by atoms with Crippen molar-refractivity contribution in [1.82, 2.24) is 0 Å². The van der Waals surface area contributed by atoms with Gasteiger partial charge in [-0.05, 0) is 54.0 Å². The molecule has 1 aromatic carbocycles. The molecule has 2 N–H and O–H groups in total. The fraction of sp³-hybridized carbons (Fsp3) is 0.500. The third-order valence-electron chi connectivity index (χ3n) is 4.52. The minimum absolute atomic E-state index is 0.115. The van der Waals surface area contributed by atoms with Gasteiger partial charge in [0.15, 0.2) is 0 Å². The first kappa shape index (κ1) is 18.9. The van der Waals surface area contributed by atoms with Crippen LogP contribution in [0.25, 0.3) is 5.57 Å². The van der Waals surface area contributed by atoms with Gasteiger partial charge in [-0.15, -0.1) is 0 Å². The van der Waals surface area contributed by atoms with E-state index in [0.717, 1.165) is 35.3 Å². The van der Waals surface area contributed by atoms with Gasteiger partial charge in [0.2, 0.25) is 5.24 Å². The third-order valence-corrected chi connectivity index (χ3v) is 4.76. The molecule has 0 aliphatic carbocycles. The molecule has 0 saturated carbocycles. The molecule has 130 valence electrons. The molecule has 3 nitrogen and oxygen atoms in total. The summed E-state index contributed by atoms with van der Waals surface area (Å²) in [4.78, 5) is 17.1. The summed E-state index contributed by atoms with van der Waals surface area (Å²) in [6.07, 6.45) is 1.64. The molecule has 0 spiro atoms. The van der Waals surface area contributed by atoms with Gasteiger partial charge in [-0.3, -0.25) is 9.79 Å². The maximum absolute atomic E-state index is 12.2. The van der Waals surface area contributed by atoms with Crippen molar-refractivity contribution in [3.63, 3.8) is 0 Å². The average Bonchev–Trinajstić information content (AvgIpc) is 2.53. The van der Waals surface area contributed by atoms with E-state index in [9.17, 15) is 4.79 Å². The summed E-state index contributed by atoms with van der Waals surface area (Å²) in [6.45, 7) is 8.80. The van der Waals surface area contributed by atoms with Gasteiger partial charge in [0.05, 0.1) is 12.0 Å². The third kappa shape index (κ3) is 3.96.